The summed E-state index contributed by atoms with van der Waals surface area (Å²) in [6.45, 7) is 5.62. The van der Waals surface area contributed by atoms with E-state index in [4.69, 9.17) is 4.74 Å². The number of ether oxygens (including phenoxy) is 1. The molecule has 0 aliphatic carbocycles. The number of benzene rings is 1. The molecule has 6 nitrogen and oxygen atoms in total. The van der Waals surface area contributed by atoms with Crippen molar-refractivity contribution in [3.8, 4) is 0 Å². The zero-order valence-corrected chi connectivity index (χ0v) is 13.0. The Morgan fingerprint density at radius 3 is 2.62 bits per heavy atom. The van der Waals surface area contributed by atoms with Gasteiger partial charge in [-0.25, -0.2) is 13.2 Å². The first-order valence-corrected chi connectivity index (χ1v) is 8.40. The summed E-state index contributed by atoms with van der Waals surface area (Å²) in [6, 6.07) is 5.79. The van der Waals surface area contributed by atoms with Gasteiger partial charge in [0.2, 0.25) is 10.0 Å². The van der Waals surface area contributed by atoms with E-state index in [-0.39, 0.29) is 17.5 Å². The van der Waals surface area contributed by atoms with Gasteiger partial charge in [0, 0.05) is 25.7 Å². The zero-order chi connectivity index (χ0) is 15.5. The minimum atomic E-state index is -3.52. The van der Waals surface area contributed by atoms with Crippen LogP contribution in [0.3, 0.4) is 0 Å². The van der Waals surface area contributed by atoms with Gasteiger partial charge in [-0.1, -0.05) is 0 Å². The fourth-order valence-corrected chi connectivity index (χ4v) is 3.92. The maximum absolute atomic E-state index is 12.6. The molecule has 21 heavy (non-hydrogen) atoms. The second-order valence-corrected chi connectivity index (χ2v) is 6.80. The van der Waals surface area contributed by atoms with Gasteiger partial charge in [-0.3, -0.25) is 0 Å². The Morgan fingerprint density at radius 1 is 1.38 bits per heavy atom. The molecule has 0 spiro atoms. The standard InChI is InChI=1S/C14H20N2O4S/c1-3-20-14(17)12-4-6-13(7-5-12)21(18,19)16-9-8-15-10-11(16)2/h4-7,11,15H,3,8-10H2,1-2H3/t11-/m0/s1. The van der Waals surface area contributed by atoms with Crippen LogP contribution >= 0.6 is 0 Å². The van der Waals surface area contributed by atoms with E-state index in [1.807, 2.05) is 6.92 Å². The highest BCUT2D eigenvalue weighted by Gasteiger charge is 2.30. The molecular formula is C14H20N2O4S. The Kier molecular flexibility index (Phi) is 4.97. The first-order chi connectivity index (χ1) is 9.96. The van der Waals surface area contributed by atoms with Crippen molar-refractivity contribution in [1.82, 2.24) is 9.62 Å². The lowest BCUT2D eigenvalue weighted by atomic mass is 10.2. The van der Waals surface area contributed by atoms with E-state index in [1.165, 1.54) is 28.6 Å². The molecule has 0 bridgehead atoms. The highest BCUT2D eigenvalue weighted by atomic mass is 32.2. The molecule has 0 saturated carbocycles. The van der Waals surface area contributed by atoms with Crippen LogP contribution in [0.4, 0.5) is 0 Å². The molecule has 7 heteroatoms. The second-order valence-electron chi connectivity index (χ2n) is 4.91. The average molecular weight is 312 g/mol. The van der Waals surface area contributed by atoms with E-state index >= 15 is 0 Å². The summed E-state index contributed by atoms with van der Waals surface area (Å²) in [5, 5.41) is 3.16. The quantitative estimate of drug-likeness (QED) is 0.834. The topological polar surface area (TPSA) is 75.7 Å². The molecule has 0 aromatic heterocycles. The number of nitrogens with one attached hydrogen (secondary N) is 1. The van der Waals surface area contributed by atoms with E-state index in [0.29, 0.717) is 25.2 Å². The molecule has 1 N–H and O–H groups in total. The van der Waals surface area contributed by atoms with Gasteiger partial charge in [0.05, 0.1) is 17.1 Å². The lowest BCUT2D eigenvalue weighted by molar-refractivity contribution is 0.0526. The molecule has 1 atom stereocenters. The second kappa shape index (κ2) is 6.55. The van der Waals surface area contributed by atoms with Gasteiger partial charge in [-0.2, -0.15) is 4.31 Å². The molecule has 116 valence electrons. The van der Waals surface area contributed by atoms with Crippen LogP contribution in [0.5, 0.6) is 0 Å². The van der Waals surface area contributed by atoms with Crippen LogP contribution in [0, 0.1) is 0 Å². The summed E-state index contributed by atoms with van der Waals surface area (Å²) in [7, 11) is -3.52. The number of hydrogen-bond donors (Lipinski definition) is 1. The van der Waals surface area contributed by atoms with Gasteiger partial charge < -0.3 is 10.1 Å². The van der Waals surface area contributed by atoms with Crippen LogP contribution in [-0.2, 0) is 14.8 Å². The van der Waals surface area contributed by atoms with Crippen LogP contribution in [-0.4, -0.2) is 51.0 Å². The highest BCUT2D eigenvalue weighted by Crippen LogP contribution is 2.20. The van der Waals surface area contributed by atoms with Crippen LogP contribution in [0.25, 0.3) is 0 Å². The monoisotopic (exact) mass is 312 g/mol. The van der Waals surface area contributed by atoms with Crippen LogP contribution < -0.4 is 5.32 Å². The normalized spacial score (nSPS) is 20.2. The predicted molar refractivity (Wildman–Crippen MR) is 78.6 cm³/mol. The summed E-state index contributed by atoms with van der Waals surface area (Å²) in [6.07, 6.45) is 0. The number of piperazine rings is 1. The number of nitrogens with zero attached hydrogens (tertiary/aromatic N) is 1. The minimum Gasteiger partial charge on any atom is -0.462 e. The third kappa shape index (κ3) is 3.42. The number of carbonyl (C=O) groups excluding carboxylic acids is 1. The lowest BCUT2D eigenvalue weighted by Crippen LogP contribution is -2.52. The SMILES string of the molecule is CCOC(=O)c1ccc(S(=O)(=O)N2CCNC[C@@H]2C)cc1. The summed E-state index contributed by atoms with van der Waals surface area (Å²) in [5.41, 5.74) is 0.351. The molecule has 1 heterocycles. The van der Waals surface area contributed by atoms with Crippen molar-refractivity contribution < 1.29 is 17.9 Å². The lowest BCUT2D eigenvalue weighted by Gasteiger charge is -2.32. The Morgan fingerprint density at radius 2 is 2.05 bits per heavy atom. The maximum Gasteiger partial charge on any atom is 0.338 e. The zero-order valence-electron chi connectivity index (χ0n) is 12.2. The van der Waals surface area contributed by atoms with Crippen LogP contribution in [0.1, 0.15) is 24.2 Å². The van der Waals surface area contributed by atoms with Crippen LogP contribution in [0.2, 0.25) is 0 Å². The Balaban J connectivity index is 2.22. The summed E-state index contributed by atoms with van der Waals surface area (Å²) in [5.74, 6) is -0.447. The fraction of sp³-hybridized carbons (Fsp3) is 0.500. The number of carbonyl (C=O) groups is 1. The van der Waals surface area contributed by atoms with Crippen molar-refractivity contribution in [3.63, 3.8) is 0 Å². The third-order valence-electron chi connectivity index (χ3n) is 3.41. The van der Waals surface area contributed by atoms with Gasteiger partial charge in [-0.05, 0) is 38.1 Å². The number of sulfonamides is 1. The van der Waals surface area contributed by atoms with Crippen molar-refractivity contribution in [2.45, 2.75) is 24.8 Å². The molecule has 1 aromatic rings. The highest BCUT2D eigenvalue weighted by molar-refractivity contribution is 7.89. The number of hydrogen-bond acceptors (Lipinski definition) is 5. The number of esters is 1. The van der Waals surface area contributed by atoms with E-state index in [2.05, 4.69) is 5.32 Å². The van der Waals surface area contributed by atoms with E-state index in [1.54, 1.807) is 6.92 Å². The molecular weight excluding hydrogens is 292 g/mol. The van der Waals surface area contributed by atoms with Gasteiger partial charge in [0.25, 0.3) is 0 Å². The molecule has 1 aromatic carbocycles. The first-order valence-electron chi connectivity index (χ1n) is 6.96. The van der Waals surface area contributed by atoms with E-state index < -0.39 is 16.0 Å². The van der Waals surface area contributed by atoms with Crippen molar-refractivity contribution in [3.05, 3.63) is 29.8 Å². The molecule has 1 saturated heterocycles. The van der Waals surface area contributed by atoms with E-state index in [0.717, 1.165) is 0 Å². The van der Waals surface area contributed by atoms with Crippen molar-refractivity contribution in [1.29, 1.82) is 0 Å². The average Bonchev–Trinajstić information content (AvgIpc) is 2.48. The fourth-order valence-electron chi connectivity index (χ4n) is 2.29. The van der Waals surface area contributed by atoms with Crippen molar-refractivity contribution in [2.24, 2.45) is 0 Å². The third-order valence-corrected chi connectivity index (χ3v) is 5.44. The van der Waals surface area contributed by atoms with Crippen molar-refractivity contribution in [2.75, 3.05) is 26.2 Å². The Hall–Kier alpha value is -1.44. The largest absolute Gasteiger partial charge is 0.462 e. The smallest absolute Gasteiger partial charge is 0.338 e. The molecule has 0 radical (unpaired) electrons. The van der Waals surface area contributed by atoms with Gasteiger partial charge in [-0.15, -0.1) is 0 Å². The summed E-state index contributed by atoms with van der Waals surface area (Å²) >= 11 is 0. The molecule has 1 aliphatic rings. The minimum absolute atomic E-state index is 0.0894. The maximum atomic E-state index is 12.6. The summed E-state index contributed by atoms with van der Waals surface area (Å²) < 4.78 is 31.5. The summed E-state index contributed by atoms with van der Waals surface area (Å²) in [4.78, 5) is 11.8. The van der Waals surface area contributed by atoms with Gasteiger partial charge in [0.1, 0.15) is 0 Å². The molecule has 0 amide bonds. The predicted octanol–water partition coefficient (Wildman–Crippen LogP) is 0.846. The Labute approximate surface area is 125 Å². The molecule has 1 fully saturated rings. The van der Waals surface area contributed by atoms with Gasteiger partial charge in [0.15, 0.2) is 0 Å². The van der Waals surface area contributed by atoms with Crippen molar-refractivity contribution >= 4 is 16.0 Å². The van der Waals surface area contributed by atoms with E-state index in [9.17, 15) is 13.2 Å². The first kappa shape index (κ1) is 15.9. The van der Waals surface area contributed by atoms with Crippen LogP contribution in [0.15, 0.2) is 29.2 Å². The molecule has 0 unspecified atom stereocenters. The Bertz CT molecular complexity index is 598. The molecule has 2 rings (SSSR count). The number of rotatable bonds is 4. The molecule has 1 aliphatic heterocycles. The van der Waals surface area contributed by atoms with Gasteiger partial charge >= 0.3 is 5.97 Å².